The lowest BCUT2D eigenvalue weighted by molar-refractivity contribution is -0.143. The first-order valence-corrected chi connectivity index (χ1v) is 6.18. The van der Waals surface area contributed by atoms with Gasteiger partial charge in [0.05, 0.1) is 7.11 Å². The number of rotatable bonds is 6. The normalized spacial score (nSPS) is 11.8. The van der Waals surface area contributed by atoms with Crippen LogP contribution in [-0.2, 0) is 14.3 Å². The topological polar surface area (TPSA) is 84.5 Å². The molecule has 7 heteroatoms. The third-order valence-corrected chi connectivity index (χ3v) is 2.26. The number of nitrogens with one attached hydrogen (secondary N) is 2. The summed E-state index contributed by atoms with van der Waals surface area (Å²) in [6.07, 6.45) is 0.478. The number of carbonyl (C=O) groups is 3. The van der Waals surface area contributed by atoms with Gasteiger partial charge in [-0.15, -0.1) is 11.6 Å². The van der Waals surface area contributed by atoms with Gasteiger partial charge in [0.1, 0.15) is 6.04 Å². The van der Waals surface area contributed by atoms with Gasteiger partial charge in [0.15, 0.2) is 0 Å². The number of carbonyl (C=O) groups excluding carboxylic acids is 3. The van der Waals surface area contributed by atoms with Crippen molar-refractivity contribution in [2.24, 2.45) is 5.92 Å². The van der Waals surface area contributed by atoms with Gasteiger partial charge in [-0.25, -0.2) is 9.59 Å². The zero-order valence-corrected chi connectivity index (χ0v) is 11.5. The van der Waals surface area contributed by atoms with Crippen molar-refractivity contribution in [3.8, 4) is 0 Å². The van der Waals surface area contributed by atoms with Gasteiger partial charge in [-0.1, -0.05) is 13.8 Å². The number of hydrogen-bond acceptors (Lipinski definition) is 4. The maximum atomic E-state index is 11.4. The van der Waals surface area contributed by atoms with E-state index >= 15 is 0 Å². The van der Waals surface area contributed by atoms with Crippen LogP contribution >= 0.6 is 11.6 Å². The number of urea groups is 1. The van der Waals surface area contributed by atoms with Gasteiger partial charge in [0.2, 0.25) is 5.91 Å². The molecule has 0 aromatic carbocycles. The number of alkyl halides is 1. The fourth-order valence-electron chi connectivity index (χ4n) is 1.30. The summed E-state index contributed by atoms with van der Waals surface area (Å²) in [5.41, 5.74) is 0. The van der Waals surface area contributed by atoms with Crippen molar-refractivity contribution in [3.05, 3.63) is 0 Å². The quantitative estimate of drug-likeness (QED) is 0.561. The highest BCUT2D eigenvalue weighted by Gasteiger charge is 2.23. The maximum Gasteiger partial charge on any atom is 0.328 e. The van der Waals surface area contributed by atoms with Crippen molar-refractivity contribution in [3.63, 3.8) is 0 Å². The molecule has 0 aromatic heterocycles. The molecule has 0 spiro atoms. The number of amides is 3. The molecule has 0 fully saturated rings. The lowest BCUT2D eigenvalue weighted by Crippen LogP contribution is -2.48. The van der Waals surface area contributed by atoms with Crippen molar-refractivity contribution >= 4 is 29.5 Å². The summed E-state index contributed by atoms with van der Waals surface area (Å²) in [6, 6.07) is -1.49. The highest BCUT2D eigenvalue weighted by Crippen LogP contribution is 2.06. The van der Waals surface area contributed by atoms with E-state index in [-0.39, 0.29) is 18.2 Å². The van der Waals surface area contributed by atoms with Gasteiger partial charge in [-0.05, 0) is 12.3 Å². The summed E-state index contributed by atoms with van der Waals surface area (Å²) in [4.78, 5) is 34.0. The molecular weight excluding hydrogens is 260 g/mol. The number of halogens is 1. The lowest BCUT2D eigenvalue weighted by atomic mass is 10.0. The Labute approximate surface area is 111 Å². The summed E-state index contributed by atoms with van der Waals surface area (Å²) >= 11 is 5.36. The van der Waals surface area contributed by atoms with Crippen molar-refractivity contribution < 1.29 is 19.1 Å². The van der Waals surface area contributed by atoms with Crippen molar-refractivity contribution in [1.82, 2.24) is 10.6 Å². The second kappa shape index (κ2) is 8.74. The van der Waals surface area contributed by atoms with Gasteiger partial charge in [0, 0.05) is 12.3 Å². The minimum Gasteiger partial charge on any atom is -0.467 e. The van der Waals surface area contributed by atoms with Crippen LogP contribution in [0, 0.1) is 5.92 Å². The van der Waals surface area contributed by atoms with Crippen molar-refractivity contribution in [2.75, 3.05) is 13.0 Å². The van der Waals surface area contributed by atoms with Crippen LogP contribution in [0.5, 0.6) is 0 Å². The zero-order valence-electron chi connectivity index (χ0n) is 10.8. The minimum absolute atomic E-state index is 0.0437. The predicted molar refractivity (Wildman–Crippen MR) is 67.3 cm³/mol. The summed E-state index contributed by atoms with van der Waals surface area (Å²) < 4.78 is 4.58. The van der Waals surface area contributed by atoms with E-state index in [1.54, 1.807) is 0 Å². The summed E-state index contributed by atoms with van der Waals surface area (Å²) in [5, 5.41) is 4.48. The smallest absolute Gasteiger partial charge is 0.328 e. The Kier molecular flexibility index (Phi) is 8.11. The first-order valence-electron chi connectivity index (χ1n) is 5.64. The standard InChI is InChI=1S/C11H19ClN2O4/c1-7(2)6-8(10(16)18-3)13-11(17)14-9(15)4-5-12/h7-8H,4-6H2,1-3H3,(H2,13,14,15,17). The molecule has 6 nitrogen and oxygen atoms in total. The van der Waals surface area contributed by atoms with E-state index in [4.69, 9.17) is 11.6 Å². The molecule has 104 valence electrons. The third kappa shape index (κ3) is 7.11. The fraction of sp³-hybridized carbons (Fsp3) is 0.727. The zero-order chi connectivity index (χ0) is 14.1. The van der Waals surface area contributed by atoms with Crippen LogP contribution in [0.4, 0.5) is 4.79 Å². The molecule has 0 bridgehead atoms. The van der Waals surface area contributed by atoms with Gasteiger partial charge < -0.3 is 10.1 Å². The van der Waals surface area contributed by atoms with Gasteiger partial charge in [0.25, 0.3) is 0 Å². The lowest BCUT2D eigenvalue weighted by Gasteiger charge is -2.18. The molecule has 0 saturated heterocycles. The van der Waals surface area contributed by atoms with Crippen LogP contribution in [-0.4, -0.2) is 36.9 Å². The highest BCUT2D eigenvalue weighted by molar-refractivity contribution is 6.19. The number of esters is 1. The Bertz CT molecular complexity index is 307. The van der Waals surface area contributed by atoms with Gasteiger partial charge in [-0.3, -0.25) is 10.1 Å². The number of imide groups is 1. The van der Waals surface area contributed by atoms with Crippen molar-refractivity contribution in [1.29, 1.82) is 0 Å². The van der Waals surface area contributed by atoms with E-state index in [2.05, 4.69) is 15.4 Å². The first kappa shape index (κ1) is 16.7. The SMILES string of the molecule is COC(=O)C(CC(C)C)NC(=O)NC(=O)CCCl. The Hall–Kier alpha value is -1.30. The van der Waals surface area contributed by atoms with Crippen LogP contribution in [0.1, 0.15) is 26.7 Å². The molecule has 1 atom stereocenters. The van der Waals surface area contributed by atoms with Crippen LogP contribution in [0.15, 0.2) is 0 Å². The summed E-state index contributed by atoms with van der Waals surface area (Å²) in [6.45, 7) is 3.82. The molecule has 2 N–H and O–H groups in total. The molecule has 0 aliphatic heterocycles. The first-order chi connectivity index (χ1) is 8.40. The van der Waals surface area contributed by atoms with E-state index in [1.807, 2.05) is 13.8 Å². The Morgan fingerprint density at radius 1 is 1.28 bits per heavy atom. The molecule has 0 aromatic rings. The Morgan fingerprint density at radius 2 is 1.89 bits per heavy atom. The van der Waals surface area contributed by atoms with E-state index < -0.39 is 23.9 Å². The molecular formula is C11H19ClN2O4. The molecule has 0 rings (SSSR count). The number of hydrogen-bond donors (Lipinski definition) is 2. The molecule has 0 aliphatic rings. The second-order valence-electron chi connectivity index (χ2n) is 4.17. The third-order valence-electron chi connectivity index (χ3n) is 2.07. The Balaban J connectivity index is 4.35. The van der Waals surface area contributed by atoms with Gasteiger partial charge >= 0.3 is 12.0 Å². The van der Waals surface area contributed by atoms with Crippen LogP contribution in [0.2, 0.25) is 0 Å². The number of methoxy groups -OCH3 is 1. The average Bonchev–Trinajstić information content (AvgIpc) is 2.26. The van der Waals surface area contributed by atoms with Crippen LogP contribution in [0.25, 0.3) is 0 Å². The van der Waals surface area contributed by atoms with E-state index in [9.17, 15) is 14.4 Å². The molecule has 0 saturated carbocycles. The minimum atomic E-state index is -0.765. The fourth-order valence-corrected chi connectivity index (χ4v) is 1.47. The highest BCUT2D eigenvalue weighted by atomic mass is 35.5. The Morgan fingerprint density at radius 3 is 2.33 bits per heavy atom. The van der Waals surface area contributed by atoms with Crippen LogP contribution in [0.3, 0.4) is 0 Å². The summed E-state index contributed by atoms with van der Waals surface area (Å²) in [5.74, 6) is -0.696. The van der Waals surface area contributed by atoms with Crippen LogP contribution < -0.4 is 10.6 Å². The molecule has 0 radical (unpaired) electrons. The molecule has 0 aliphatic carbocycles. The molecule has 18 heavy (non-hydrogen) atoms. The molecule has 3 amide bonds. The monoisotopic (exact) mass is 278 g/mol. The molecule has 0 heterocycles. The van der Waals surface area contributed by atoms with Crippen molar-refractivity contribution in [2.45, 2.75) is 32.7 Å². The second-order valence-corrected chi connectivity index (χ2v) is 4.54. The summed E-state index contributed by atoms with van der Waals surface area (Å²) in [7, 11) is 1.24. The number of ether oxygens (including phenoxy) is 1. The largest absolute Gasteiger partial charge is 0.467 e. The van der Waals surface area contributed by atoms with E-state index in [1.165, 1.54) is 7.11 Å². The predicted octanol–water partition coefficient (Wildman–Crippen LogP) is 1.03. The molecule has 1 unspecified atom stereocenters. The van der Waals surface area contributed by atoms with Gasteiger partial charge in [-0.2, -0.15) is 0 Å². The average molecular weight is 279 g/mol. The maximum absolute atomic E-state index is 11.4. The van der Waals surface area contributed by atoms with E-state index in [0.717, 1.165) is 0 Å². The van der Waals surface area contributed by atoms with E-state index in [0.29, 0.717) is 6.42 Å².